The molecule has 1 saturated heterocycles. The van der Waals surface area contributed by atoms with Crippen LogP contribution in [0.5, 0.6) is 5.75 Å². The SMILES string of the molecule is COc1ccccc1[C@@H](CC(=O)N1CCN(C(c2ccccc2)c2ccccc2)CC1)c1cn(C)c2ccccc12. The molecule has 1 atom stereocenters. The summed E-state index contributed by atoms with van der Waals surface area (Å²) in [6.45, 7) is 3.08. The monoisotopic (exact) mass is 543 g/mol. The number of hydrogen-bond donors (Lipinski definition) is 0. The average Bonchev–Trinajstić information content (AvgIpc) is 3.37. The Kier molecular flexibility index (Phi) is 7.88. The molecule has 0 radical (unpaired) electrons. The van der Waals surface area contributed by atoms with Crippen LogP contribution in [-0.4, -0.2) is 53.6 Å². The number of aromatic nitrogens is 1. The molecule has 1 aliphatic heterocycles. The van der Waals surface area contributed by atoms with Crippen molar-refractivity contribution in [1.82, 2.24) is 14.4 Å². The number of piperazine rings is 1. The van der Waals surface area contributed by atoms with Crippen LogP contribution in [0.1, 0.15) is 40.6 Å². The van der Waals surface area contributed by atoms with Crippen molar-refractivity contribution in [2.24, 2.45) is 7.05 Å². The minimum Gasteiger partial charge on any atom is -0.496 e. The van der Waals surface area contributed by atoms with Crippen molar-refractivity contribution in [2.45, 2.75) is 18.4 Å². The van der Waals surface area contributed by atoms with Crippen molar-refractivity contribution in [3.8, 4) is 5.75 Å². The lowest BCUT2D eigenvalue weighted by Crippen LogP contribution is -2.50. The van der Waals surface area contributed by atoms with Crippen molar-refractivity contribution in [2.75, 3.05) is 33.3 Å². The molecule has 6 rings (SSSR count). The zero-order valence-corrected chi connectivity index (χ0v) is 23.8. The number of amides is 1. The quantitative estimate of drug-likeness (QED) is 0.220. The van der Waals surface area contributed by atoms with Gasteiger partial charge in [0.05, 0.1) is 13.2 Å². The maximum absolute atomic E-state index is 14.0. The van der Waals surface area contributed by atoms with E-state index in [1.165, 1.54) is 16.5 Å². The van der Waals surface area contributed by atoms with E-state index in [0.717, 1.165) is 35.5 Å². The number of hydrogen-bond acceptors (Lipinski definition) is 3. The highest BCUT2D eigenvalue weighted by Crippen LogP contribution is 2.39. The summed E-state index contributed by atoms with van der Waals surface area (Å²) in [5.41, 5.74) is 5.94. The topological polar surface area (TPSA) is 37.7 Å². The summed E-state index contributed by atoms with van der Waals surface area (Å²) in [6.07, 6.45) is 2.58. The number of nitrogens with zero attached hydrogens (tertiary/aromatic N) is 3. The fraction of sp³-hybridized carbons (Fsp3) is 0.250. The molecule has 0 aliphatic carbocycles. The van der Waals surface area contributed by atoms with Crippen LogP contribution < -0.4 is 4.74 Å². The van der Waals surface area contributed by atoms with Gasteiger partial charge in [-0.1, -0.05) is 97.1 Å². The third kappa shape index (κ3) is 5.50. The third-order valence-electron chi connectivity index (χ3n) is 8.46. The summed E-state index contributed by atoms with van der Waals surface area (Å²) < 4.78 is 7.94. The van der Waals surface area contributed by atoms with Gasteiger partial charge in [0, 0.05) is 68.2 Å². The molecule has 5 nitrogen and oxygen atoms in total. The summed E-state index contributed by atoms with van der Waals surface area (Å²) in [5, 5.41) is 1.18. The Hall–Kier alpha value is -4.35. The number of ether oxygens (including phenoxy) is 1. The van der Waals surface area contributed by atoms with Crippen molar-refractivity contribution in [1.29, 1.82) is 0 Å². The number of carbonyl (C=O) groups excluding carboxylic acids is 1. The lowest BCUT2D eigenvalue weighted by atomic mass is 9.87. The normalized spacial score (nSPS) is 14.9. The Labute approximate surface area is 242 Å². The minimum atomic E-state index is -0.107. The molecule has 1 aliphatic rings. The van der Waals surface area contributed by atoms with E-state index in [4.69, 9.17) is 4.74 Å². The molecule has 0 saturated carbocycles. The highest BCUT2D eigenvalue weighted by molar-refractivity contribution is 5.87. The van der Waals surface area contributed by atoms with Crippen LogP contribution in [0.2, 0.25) is 0 Å². The van der Waals surface area contributed by atoms with Gasteiger partial charge in [-0.2, -0.15) is 0 Å². The van der Waals surface area contributed by atoms with Crippen LogP contribution in [0.15, 0.2) is 115 Å². The van der Waals surface area contributed by atoms with Crippen LogP contribution >= 0.6 is 0 Å². The van der Waals surface area contributed by atoms with Crippen molar-refractivity contribution in [3.05, 3.63) is 138 Å². The molecule has 0 spiro atoms. The number of fused-ring (bicyclic) bond motifs is 1. The van der Waals surface area contributed by atoms with Gasteiger partial charge >= 0.3 is 0 Å². The van der Waals surface area contributed by atoms with E-state index in [-0.39, 0.29) is 17.9 Å². The van der Waals surface area contributed by atoms with Crippen LogP contribution in [0.3, 0.4) is 0 Å². The summed E-state index contributed by atoms with van der Waals surface area (Å²) in [4.78, 5) is 18.5. The first kappa shape index (κ1) is 26.9. The van der Waals surface area contributed by atoms with Gasteiger partial charge in [-0.25, -0.2) is 0 Å². The number of aryl methyl sites for hydroxylation is 1. The first-order valence-corrected chi connectivity index (χ1v) is 14.4. The number of para-hydroxylation sites is 2. The summed E-state index contributed by atoms with van der Waals surface area (Å²) in [7, 11) is 3.78. The van der Waals surface area contributed by atoms with Gasteiger partial charge in [0.15, 0.2) is 0 Å². The molecule has 0 unspecified atom stereocenters. The fourth-order valence-corrected chi connectivity index (χ4v) is 6.41. The summed E-state index contributed by atoms with van der Waals surface area (Å²) in [6, 6.07) is 38.1. The Morgan fingerprint density at radius 1 is 0.732 bits per heavy atom. The van der Waals surface area contributed by atoms with Gasteiger partial charge < -0.3 is 14.2 Å². The molecule has 5 aromatic rings. The first-order chi connectivity index (χ1) is 20.1. The third-order valence-corrected chi connectivity index (χ3v) is 8.46. The van der Waals surface area contributed by atoms with Gasteiger partial charge in [-0.05, 0) is 28.8 Å². The minimum absolute atomic E-state index is 0.107. The van der Waals surface area contributed by atoms with Crippen LogP contribution in [0.25, 0.3) is 10.9 Å². The van der Waals surface area contributed by atoms with E-state index in [9.17, 15) is 4.79 Å². The first-order valence-electron chi connectivity index (χ1n) is 14.4. The summed E-state index contributed by atoms with van der Waals surface area (Å²) >= 11 is 0. The average molecular weight is 544 g/mol. The highest BCUT2D eigenvalue weighted by atomic mass is 16.5. The van der Waals surface area contributed by atoms with Gasteiger partial charge in [-0.3, -0.25) is 9.69 Å². The molecule has 0 bridgehead atoms. The number of rotatable bonds is 8. The van der Waals surface area contributed by atoms with Crippen molar-refractivity contribution < 1.29 is 9.53 Å². The predicted octanol–water partition coefficient (Wildman–Crippen LogP) is 6.64. The van der Waals surface area contributed by atoms with Crippen molar-refractivity contribution in [3.63, 3.8) is 0 Å². The highest BCUT2D eigenvalue weighted by Gasteiger charge is 2.31. The summed E-state index contributed by atoms with van der Waals surface area (Å²) in [5.74, 6) is 0.894. The van der Waals surface area contributed by atoms with E-state index < -0.39 is 0 Å². The van der Waals surface area contributed by atoms with Crippen LogP contribution in [0.4, 0.5) is 0 Å². The number of methoxy groups -OCH3 is 1. The molecule has 2 heterocycles. The van der Waals surface area contributed by atoms with Gasteiger partial charge in [0.1, 0.15) is 5.75 Å². The van der Waals surface area contributed by atoms with Crippen LogP contribution in [0, 0.1) is 0 Å². The van der Waals surface area contributed by atoms with Gasteiger partial charge in [0.2, 0.25) is 5.91 Å². The second kappa shape index (κ2) is 12.0. The smallest absolute Gasteiger partial charge is 0.223 e. The fourth-order valence-electron chi connectivity index (χ4n) is 6.41. The lowest BCUT2D eigenvalue weighted by Gasteiger charge is -2.40. The van der Waals surface area contributed by atoms with Crippen molar-refractivity contribution >= 4 is 16.8 Å². The number of carbonyl (C=O) groups is 1. The molecule has 0 N–H and O–H groups in total. The zero-order valence-electron chi connectivity index (χ0n) is 23.8. The van der Waals surface area contributed by atoms with Gasteiger partial charge in [0.25, 0.3) is 0 Å². The number of benzene rings is 4. The molecule has 4 aromatic carbocycles. The molecule has 41 heavy (non-hydrogen) atoms. The van der Waals surface area contributed by atoms with Crippen LogP contribution in [-0.2, 0) is 11.8 Å². The molecule has 1 fully saturated rings. The Bertz CT molecular complexity index is 1560. The second-order valence-corrected chi connectivity index (χ2v) is 10.9. The molecular weight excluding hydrogens is 506 g/mol. The van der Waals surface area contributed by atoms with Gasteiger partial charge in [-0.15, -0.1) is 0 Å². The Balaban J connectivity index is 1.25. The second-order valence-electron chi connectivity index (χ2n) is 10.9. The lowest BCUT2D eigenvalue weighted by molar-refractivity contribution is -0.133. The van der Waals surface area contributed by atoms with E-state index in [0.29, 0.717) is 19.5 Å². The maximum atomic E-state index is 14.0. The molecule has 1 aromatic heterocycles. The van der Waals surface area contributed by atoms with E-state index >= 15 is 0 Å². The molecule has 5 heteroatoms. The van der Waals surface area contributed by atoms with E-state index in [2.05, 4.69) is 119 Å². The van der Waals surface area contributed by atoms with E-state index in [1.807, 2.05) is 18.2 Å². The maximum Gasteiger partial charge on any atom is 0.223 e. The zero-order chi connectivity index (χ0) is 28.2. The Morgan fingerprint density at radius 2 is 1.32 bits per heavy atom. The largest absolute Gasteiger partial charge is 0.496 e. The predicted molar refractivity (Wildman–Crippen MR) is 165 cm³/mol. The molecular formula is C36H37N3O2. The molecule has 208 valence electrons. The Morgan fingerprint density at radius 3 is 1.98 bits per heavy atom. The molecule has 1 amide bonds. The van der Waals surface area contributed by atoms with E-state index in [1.54, 1.807) is 7.11 Å². The standard InChI is InChI=1S/C36H37N3O2/c1-37-26-32(29-17-9-11-19-33(29)37)31(30-18-10-12-20-34(30)41-2)25-35(40)38-21-23-39(24-22-38)36(27-13-5-3-6-14-27)28-15-7-4-8-16-28/h3-20,26,31,36H,21-25H2,1-2H3/t31-/m1/s1.